The van der Waals surface area contributed by atoms with Gasteiger partial charge in [-0.3, -0.25) is 10.3 Å². The fourth-order valence-corrected chi connectivity index (χ4v) is 4.55. The van der Waals surface area contributed by atoms with Crippen LogP contribution in [0.1, 0.15) is 24.1 Å². The van der Waals surface area contributed by atoms with Crippen molar-refractivity contribution in [3.8, 4) is 0 Å². The first-order valence-corrected chi connectivity index (χ1v) is 12.4. The number of hydrogen-bond donors (Lipinski definition) is 1. The van der Waals surface area contributed by atoms with Crippen LogP contribution in [0.4, 0.5) is 5.69 Å². The van der Waals surface area contributed by atoms with E-state index in [1.807, 2.05) is 17.0 Å². The summed E-state index contributed by atoms with van der Waals surface area (Å²) in [7, 11) is 0. The Bertz CT molecular complexity index is 1110. The van der Waals surface area contributed by atoms with Crippen molar-refractivity contribution in [3.05, 3.63) is 100 Å². The zero-order valence-electron chi connectivity index (χ0n) is 19.5. The van der Waals surface area contributed by atoms with E-state index in [0.717, 1.165) is 13.1 Å². The van der Waals surface area contributed by atoms with Gasteiger partial charge in [0.2, 0.25) is 5.84 Å². The standard InChI is InChI=1S/C27H28Cl2N4O2/c1-2-35-27(34)26(31-30-24-19-22(28)13-14-23(24)29)33-17-15-32(16-18-33)25(20-9-5-3-6-10-20)21-11-7-4-8-12-21/h3-14,19,25,30H,2,15-18H2,1H3/b31-26-. The molecule has 3 aromatic carbocycles. The van der Waals surface area contributed by atoms with Gasteiger partial charge >= 0.3 is 5.97 Å². The minimum atomic E-state index is -0.478. The lowest BCUT2D eigenvalue weighted by atomic mass is 9.96. The summed E-state index contributed by atoms with van der Waals surface area (Å²) in [6, 6.07) is 26.2. The zero-order chi connectivity index (χ0) is 24.6. The first kappa shape index (κ1) is 25.0. The van der Waals surface area contributed by atoms with Crippen LogP contribution in [-0.4, -0.2) is 54.4 Å². The predicted octanol–water partition coefficient (Wildman–Crippen LogP) is 5.69. The van der Waals surface area contributed by atoms with Crippen LogP contribution in [0.2, 0.25) is 10.0 Å². The molecule has 1 aliphatic rings. The number of carbonyl (C=O) groups excluding carboxylic acids is 1. The van der Waals surface area contributed by atoms with Gasteiger partial charge in [0.15, 0.2) is 0 Å². The summed E-state index contributed by atoms with van der Waals surface area (Å²) in [5, 5.41) is 5.36. The topological polar surface area (TPSA) is 57.2 Å². The van der Waals surface area contributed by atoms with Gasteiger partial charge in [-0.05, 0) is 36.2 Å². The molecule has 35 heavy (non-hydrogen) atoms. The molecule has 182 valence electrons. The second-order valence-electron chi connectivity index (χ2n) is 8.14. The normalized spacial score (nSPS) is 14.7. The molecule has 1 aliphatic heterocycles. The van der Waals surface area contributed by atoms with E-state index < -0.39 is 5.97 Å². The first-order chi connectivity index (χ1) is 17.1. The van der Waals surface area contributed by atoms with Crippen LogP contribution in [0, 0.1) is 0 Å². The van der Waals surface area contributed by atoms with Crippen LogP contribution in [0.5, 0.6) is 0 Å². The fraction of sp³-hybridized carbons (Fsp3) is 0.259. The van der Waals surface area contributed by atoms with Gasteiger partial charge < -0.3 is 9.64 Å². The average Bonchev–Trinajstić information content (AvgIpc) is 2.89. The van der Waals surface area contributed by atoms with E-state index in [0.29, 0.717) is 28.8 Å². The van der Waals surface area contributed by atoms with Gasteiger partial charge in [0, 0.05) is 31.2 Å². The molecule has 1 saturated heterocycles. The molecule has 0 aliphatic carbocycles. The van der Waals surface area contributed by atoms with Crippen molar-refractivity contribution in [2.45, 2.75) is 13.0 Å². The number of carbonyl (C=O) groups is 1. The second kappa shape index (κ2) is 12.1. The SMILES string of the molecule is CCOC(=O)/C(=N/Nc1cc(Cl)ccc1Cl)N1CCN(C(c2ccccc2)c2ccccc2)CC1. The quantitative estimate of drug-likeness (QED) is 0.200. The van der Waals surface area contributed by atoms with Crippen LogP contribution >= 0.6 is 23.2 Å². The van der Waals surface area contributed by atoms with Gasteiger partial charge in [-0.1, -0.05) is 83.9 Å². The van der Waals surface area contributed by atoms with Crippen LogP contribution in [0.25, 0.3) is 0 Å². The molecule has 1 fully saturated rings. The minimum absolute atomic E-state index is 0.130. The Kier molecular flexibility index (Phi) is 8.64. The Balaban J connectivity index is 1.53. The van der Waals surface area contributed by atoms with E-state index in [1.165, 1.54) is 11.1 Å². The summed E-state index contributed by atoms with van der Waals surface area (Å²) in [4.78, 5) is 17.2. The number of hydrazone groups is 1. The van der Waals surface area contributed by atoms with Crippen molar-refractivity contribution in [1.29, 1.82) is 0 Å². The van der Waals surface area contributed by atoms with Gasteiger partial charge in [-0.2, -0.15) is 0 Å². The molecule has 0 amide bonds. The maximum atomic E-state index is 12.8. The molecule has 0 aromatic heterocycles. The summed E-state index contributed by atoms with van der Waals surface area (Å²) in [5.41, 5.74) is 5.89. The molecular weight excluding hydrogens is 483 g/mol. The van der Waals surface area contributed by atoms with E-state index in [1.54, 1.807) is 25.1 Å². The van der Waals surface area contributed by atoms with Crippen LogP contribution < -0.4 is 5.43 Å². The molecule has 0 unspecified atom stereocenters. The Hall–Kier alpha value is -3.06. The number of benzene rings is 3. The average molecular weight is 511 g/mol. The van der Waals surface area contributed by atoms with Gasteiger partial charge in [0.05, 0.1) is 23.4 Å². The van der Waals surface area contributed by atoms with Gasteiger partial charge in [0.25, 0.3) is 0 Å². The largest absolute Gasteiger partial charge is 0.460 e. The highest BCUT2D eigenvalue weighted by Gasteiger charge is 2.30. The number of nitrogens with zero attached hydrogens (tertiary/aromatic N) is 3. The predicted molar refractivity (Wildman–Crippen MR) is 142 cm³/mol. The zero-order valence-corrected chi connectivity index (χ0v) is 21.0. The molecule has 0 spiro atoms. The summed E-state index contributed by atoms with van der Waals surface area (Å²) < 4.78 is 5.29. The van der Waals surface area contributed by atoms with E-state index in [9.17, 15) is 4.79 Å². The number of amidine groups is 1. The third-order valence-corrected chi connectivity index (χ3v) is 6.44. The van der Waals surface area contributed by atoms with E-state index in [-0.39, 0.29) is 18.5 Å². The maximum absolute atomic E-state index is 12.8. The van der Waals surface area contributed by atoms with Crippen molar-refractivity contribution in [2.24, 2.45) is 5.10 Å². The van der Waals surface area contributed by atoms with Gasteiger partial charge in [-0.25, -0.2) is 4.79 Å². The van der Waals surface area contributed by atoms with Crippen molar-refractivity contribution in [2.75, 3.05) is 38.2 Å². The van der Waals surface area contributed by atoms with Gasteiger partial charge in [-0.15, -0.1) is 5.10 Å². The second-order valence-corrected chi connectivity index (χ2v) is 8.98. The number of nitrogens with one attached hydrogen (secondary N) is 1. The van der Waals surface area contributed by atoms with Crippen molar-refractivity contribution < 1.29 is 9.53 Å². The molecule has 4 rings (SSSR count). The summed E-state index contributed by atoms with van der Waals surface area (Å²) >= 11 is 12.3. The van der Waals surface area contributed by atoms with Crippen molar-refractivity contribution >= 4 is 40.7 Å². The molecule has 6 nitrogen and oxygen atoms in total. The van der Waals surface area contributed by atoms with Crippen LogP contribution in [0.15, 0.2) is 84.0 Å². The Labute approximate surface area is 216 Å². The lowest BCUT2D eigenvalue weighted by Gasteiger charge is -2.40. The highest BCUT2D eigenvalue weighted by Crippen LogP contribution is 2.30. The molecule has 0 bridgehead atoms. The Morgan fingerprint density at radius 3 is 2.11 bits per heavy atom. The lowest BCUT2D eigenvalue weighted by molar-refractivity contribution is -0.136. The van der Waals surface area contributed by atoms with Crippen LogP contribution in [0.3, 0.4) is 0 Å². The number of halogens is 2. The van der Waals surface area contributed by atoms with E-state index >= 15 is 0 Å². The van der Waals surface area contributed by atoms with E-state index in [4.69, 9.17) is 27.9 Å². The number of esters is 1. The smallest absolute Gasteiger partial charge is 0.375 e. The van der Waals surface area contributed by atoms with Gasteiger partial charge in [0.1, 0.15) is 0 Å². The fourth-order valence-electron chi connectivity index (χ4n) is 4.21. The third-order valence-electron chi connectivity index (χ3n) is 5.88. The van der Waals surface area contributed by atoms with E-state index in [2.05, 4.69) is 64.0 Å². The highest BCUT2D eigenvalue weighted by molar-refractivity contribution is 6.36. The maximum Gasteiger partial charge on any atom is 0.375 e. The number of anilines is 1. The Morgan fingerprint density at radius 1 is 0.943 bits per heavy atom. The summed E-state index contributed by atoms with van der Waals surface area (Å²) in [6.07, 6.45) is 0. The molecule has 8 heteroatoms. The molecule has 1 heterocycles. The van der Waals surface area contributed by atoms with Crippen molar-refractivity contribution in [1.82, 2.24) is 9.80 Å². The highest BCUT2D eigenvalue weighted by atomic mass is 35.5. The Morgan fingerprint density at radius 2 is 1.54 bits per heavy atom. The number of hydrogen-bond acceptors (Lipinski definition) is 5. The molecule has 0 radical (unpaired) electrons. The monoisotopic (exact) mass is 510 g/mol. The lowest BCUT2D eigenvalue weighted by Crippen LogP contribution is -2.52. The molecule has 3 aromatic rings. The number of piperazine rings is 1. The number of rotatable bonds is 6. The molecule has 1 N–H and O–H groups in total. The van der Waals surface area contributed by atoms with Crippen LogP contribution in [-0.2, 0) is 9.53 Å². The van der Waals surface area contributed by atoms with Crippen molar-refractivity contribution in [3.63, 3.8) is 0 Å². The molecular formula is C27H28Cl2N4O2. The minimum Gasteiger partial charge on any atom is -0.460 e. The molecule has 0 saturated carbocycles. The third kappa shape index (κ3) is 6.34. The summed E-state index contributed by atoms with van der Waals surface area (Å²) in [5.74, 6) is -0.257. The number of ether oxygens (including phenoxy) is 1. The summed E-state index contributed by atoms with van der Waals surface area (Å²) in [6.45, 7) is 4.80. The first-order valence-electron chi connectivity index (χ1n) is 11.6. The molecule has 0 atom stereocenters.